The Labute approximate surface area is 188 Å². The molecule has 2 fully saturated rings. The zero-order valence-corrected chi connectivity index (χ0v) is 18.3. The maximum Gasteiger partial charge on any atom is 0.415 e. The molecule has 3 heterocycles. The summed E-state index contributed by atoms with van der Waals surface area (Å²) in [5, 5.41) is 3.60. The van der Waals surface area contributed by atoms with Crippen LogP contribution in [0.5, 0.6) is 5.75 Å². The molecule has 0 spiro atoms. The summed E-state index contributed by atoms with van der Waals surface area (Å²) in [6.45, 7) is 1.53. The highest BCUT2D eigenvalue weighted by molar-refractivity contribution is 6.31. The van der Waals surface area contributed by atoms with Crippen LogP contribution in [0.2, 0.25) is 5.02 Å². The molecule has 8 nitrogen and oxygen atoms in total. The molecule has 0 radical (unpaired) electrons. The Morgan fingerprint density at radius 3 is 2.97 bits per heavy atom. The van der Waals surface area contributed by atoms with E-state index in [-0.39, 0.29) is 22.9 Å². The number of carbonyl (C=O) groups excluding carboxylic acids is 1. The predicted molar refractivity (Wildman–Crippen MR) is 119 cm³/mol. The number of amides is 1. The number of hydrogen-bond donors (Lipinski definition) is 1. The summed E-state index contributed by atoms with van der Waals surface area (Å²) < 4.78 is 25.7. The number of nitrogens with one attached hydrogen (secondary N) is 1. The van der Waals surface area contributed by atoms with E-state index >= 15 is 0 Å². The van der Waals surface area contributed by atoms with E-state index in [1.54, 1.807) is 36.3 Å². The van der Waals surface area contributed by atoms with Crippen molar-refractivity contribution >= 4 is 45.8 Å². The van der Waals surface area contributed by atoms with Gasteiger partial charge in [-0.25, -0.2) is 19.2 Å². The zero-order chi connectivity index (χ0) is 22.4. The second kappa shape index (κ2) is 8.07. The van der Waals surface area contributed by atoms with Gasteiger partial charge in [-0.05, 0) is 31.7 Å². The Balaban J connectivity index is 1.60. The molecule has 2 aromatic carbocycles. The van der Waals surface area contributed by atoms with Crippen LogP contribution >= 0.6 is 11.6 Å². The molecule has 3 aromatic rings. The summed E-state index contributed by atoms with van der Waals surface area (Å²) >= 11 is 5.91. The van der Waals surface area contributed by atoms with Gasteiger partial charge in [0.1, 0.15) is 24.0 Å². The number of likely N-dealkylation sites (N-methyl/N-ethyl adjacent to an activating group) is 1. The Morgan fingerprint density at radius 1 is 1.31 bits per heavy atom. The molecule has 5 rings (SSSR count). The number of likely N-dealkylation sites (tertiary alicyclic amines) is 1. The molecule has 1 amide bonds. The van der Waals surface area contributed by atoms with Crippen LogP contribution in [0.4, 0.5) is 26.4 Å². The standard InChI is InChI=1S/C22H21ClFN5O3/c1-28-7-6-16-19(10-28)32-22(30)29(16)17-8-12-15(9-18(17)31-2)25-11-26-21(12)27-14-5-3-4-13(23)20(14)24/h3-5,8-9,11,16,19H,6-7,10H2,1-2H3,(H,25,26,27). The van der Waals surface area contributed by atoms with Gasteiger partial charge in [-0.3, -0.25) is 4.90 Å². The summed E-state index contributed by atoms with van der Waals surface area (Å²) in [6, 6.07) is 8.10. The van der Waals surface area contributed by atoms with E-state index in [2.05, 4.69) is 20.2 Å². The molecule has 0 bridgehead atoms. The minimum atomic E-state index is -0.577. The number of aromatic nitrogens is 2. The van der Waals surface area contributed by atoms with Crippen molar-refractivity contribution in [1.82, 2.24) is 14.9 Å². The van der Waals surface area contributed by atoms with Gasteiger partial charge in [0.05, 0.1) is 35.1 Å². The van der Waals surface area contributed by atoms with Gasteiger partial charge in [-0.15, -0.1) is 0 Å². The number of benzene rings is 2. The Morgan fingerprint density at radius 2 is 2.16 bits per heavy atom. The molecule has 0 aliphatic carbocycles. The third-order valence-electron chi connectivity index (χ3n) is 5.91. The van der Waals surface area contributed by atoms with E-state index in [4.69, 9.17) is 21.1 Å². The van der Waals surface area contributed by atoms with E-state index in [1.807, 2.05) is 7.05 Å². The maximum absolute atomic E-state index is 14.5. The lowest BCUT2D eigenvalue weighted by Gasteiger charge is -2.33. The highest BCUT2D eigenvalue weighted by Crippen LogP contribution is 2.40. The van der Waals surface area contributed by atoms with Crippen LogP contribution in [0.15, 0.2) is 36.7 Å². The Kier molecular flexibility index (Phi) is 5.22. The zero-order valence-electron chi connectivity index (χ0n) is 17.5. The van der Waals surface area contributed by atoms with Crippen molar-refractivity contribution in [3.8, 4) is 5.75 Å². The molecular weight excluding hydrogens is 437 g/mol. The topological polar surface area (TPSA) is 79.8 Å². The van der Waals surface area contributed by atoms with Crippen molar-refractivity contribution in [3.63, 3.8) is 0 Å². The van der Waals surface area contributed by atoms with Crippen LogP contribution in [0, 0.1) is 5.82 Å². The molecule has 2 aliphatic rings. The summed E-state index contributed by atoms with van der Waals surface area (Å²) in [5.41, 5.74) is 1.33. The lowest BCUT2D eigenvalue weighted by molar-refractivity contribution is 0.0820. The highest BCUT2D eigenvalue weighted by Gasteiger charge is 2.46. The SMILES string of the molecule is COc1cc2ncnc(Nc3cccc(Cl)c3F)c2cc1N1C(=O)OC2CN(C)CCC21. The average molecular weight is 458 g/mol. The first-order valence-corrected chi connectivity index (χ1v) is 10.6. The van der Waals surface area contributed by atoms with Crippen LogP contribution in [-0.4, -0.2) is 60.4 Å². The summed E-state index contributed by atoms with van der Waals surface area (Å²) in [5.74, 6) is 0.298. The number of fused-ring (bicyclic) bond motifs is 2. The lowest BCUT2D eigenvalue weighted by atomic mass is 10.0. The molecule has 1 N–H and O–H groups in total. The van der Waals surface area contributed by atoms with Gasteiger partial charge in [0, 0.05) is 24.5 Å². The minimum Gasteiger partial charge on any atom is -0.494 e. The summed E-state index contributed by atoms with van der Waals surface area (Å²) in [6.07, 6.45) is 1.52. The van der Waals surface area contributed by atoms with Gasteiger partial charge < -0.3 is 19.7 Å². The number of anilines is 3. The lowest BCUT2D eigenvalue weighted by Crippen LogP contribution is -2.48. The second-order valence-corrected chi connectivity index (χ2v) is 8.31. The second-order valence-electron chi connectivity index (χ2n) is 7.90. The molecule has 10 heteroatoms. The predicted octanol–water partition coefficient (Wildman–Crippen LogP) is 4.20. The first-order valence-electron chi connectivity index (χ1n) is 10.2. The van der Waals surface area contributed by atoms with Gasteiger partial charge >= 0.3 is 6.09 Å². The number of piperidine rings is 1. The third-order valence-corrected chi connectivity index (χ3v) is 6.20. The van der Waals surface area contributed by atoms with Crippen LogP contribution in [0.3, 0.4) is 0 Å². The fourth-order valence-electron chi connectivity index (χ4n) is 4.32. The van der Waals surface area contributed by atoms with Crippen molar-refractivity contribution < 1.29 is 18.7 Å². The molecule has 1 aromatic heterocycles. The molecule has 2 unspecified atom stereocenters. The van der Waals surface area contributed by atoms with Crippen LogP contribution in [0.25, 0.3) is 10.9 Å². The van der Waals surface area contributed by atoms with Crippen LogP contribution in [-0.2, 0) is 4.74 Å². The quantitative estimate of drug-likeness (QED) is 0.628. The molecule has 2 atom stereocenters. The number of methoxy groups -OCH3 is 1. The average Bonchev–Trinajstić information content (AvgIpc) is 3.10. The van der Waals surface area contributed by atoms with Gasteiger partial charge in [0.25, 0.3) is 0 Å². The fraction of sp³-hybridized carbons (Fsp3) is 0.318. The monoisotopic (exact) mass is 457 g/mol. The van der Waals surface area contributed by atoms with Crippen molar-refractivity contribution in [2.45, 2.75) is 18.6 Å². The molecule has 166 valence electrons. The summed E-state index contributed by atoms with van der Waals surface area (Å²) in [7, 11) is 3.55. The van der Waals surface area contributed by atoms with Crippen molar-refractivity contribution in [3.05, 3.63) is 47.5 Å². The number of rotatable bonds is 4. The largest absolute Gasteiger partial charge is 0.494 e. The van der Waals surface area contributed by atoms with Crippen molar-refractivity contribution in [1.29, 1.82) is 0 Å². The molecule has 0 saturated carbocycles. The molecular formula is C22H21ClFN5O3. The van der Waals surface area contributed by atoms with Crippen molar-refractivity contribution in [2.75, 3.05) is 37.5 Å². The Hall–Kier alpha value is -3.17. The van der Waals surface area contributed by atoms with E-state index < -0.39 is 11.9 Å². The number of hydrogen-bond acceptors (Lipinski definition) is 7. The highest BCUT2D eigenvalue weighted by atomic mass is 35.5. The van der Waals surface area contributed by atoms with E-state index in [9.17, 15) is 9.18 Å². The molecule has 2 saturated heterocycles. The maximum atomic E-state index is 14.5. The van der Waals surface area contributed by atoms with Crippen LogP contribution in [0.1, 0.15) is 6.42 Å². The molecule has 2 aliphatic heterocycles. The minimum absolute atomic E-state index is 0.00356. The smallest absolute Gasteiger partial charge is 0.415 e. The molecule has 32 heavy (non-hydrogen) atoms. The first-order chi connectivity index (χ1) is 15.5. The number of ether oxygens (including phenoxy) is 2. The van der Waals surface area contributed by atoms with Gasteiger partial charge in [-0.1, -0.05) is 17.7 Å². The van der Waals surface area contributed by atoms with E-state index in [0.717, 1.165) is 13.0 Å². The third kappa shape index (κ3) is 3.47. The van der Waals surface area contributed by atoms with Gasteiger partial charge in [0.2, 0.25) is 0 Å². The van der Waals surface area contributed by atoms with E-state index in [1.165, 1.54) is 12.4 Å². The summed E-state index contributed by atoms with van der Waals surface area (Å²) in [4.78, 5) is 25.2. The fourth-order valence-corrected chi connectivity index (χ4v) is 4.49. The van der Waals surface area contributed by atoms with Crippen molar-refractivity contribution in [2.24, 2.45) is 0 Å². The number of carbonyl (C=O) groups is 1. The first kappa shape index (κ1) is 20.7. The van der Waals surface area contributed by atoms with Crippen LogP contribution < -0.4 is 15.0 Å². The Bertz CT molecular complexity index is 1210. The van der Waals surface area contributed by atoms with E-state index in [0.29, 0.717) is 34.7 Å². The number of halogens is 2. The van der Waals surface area contributed by atoms with Gasteiger partial charge in [-0.2, -0.15) is 0 Å². The number of nitrogens with zero attached hydrogens (tertiary/aromatic N) is 4. The van der Waals surface area contributed by atoms with Gasteiger partial charge in [0.15, 0.2) is 5.82 Å². The normalized spacial score (nSPS) is 20.9.